The summed E-state index contributed by atoms with van der Waals surface area (Å²) >= 11 is 0. The van der Waals surface area contributed by atoms with Gasteiger partial charge in [-0.05, 0) is 12.1 Å². The first-order valence-electron chi connectivity index (χ1n) is 5.17. The van der Waals surface area contributed by atoms with Crippen molar-refractivity contribution in [1.82, 2.24) is 5.06 Å². The summed E-state index contributed by atoms with van der Waals surface area (Å²) in [6, 6.07) is 8.15. The summed E-state index contributed by atoms with van der Waals surface area (Å²) in [7, 11) is 0. The summed E-state index contributed by atoms with van der Waals surface area (Å²) in [6.07, 6.45) is 0.0850. The van der Waals surface area contributed by atoms with Crippen LogP contribution in [0.4, 0.5) is 0 Å². The zero-order valence-corrected chi connectivity index (χ0v) is 9.67. The zero-order valence-electron chi connectivity index (χ0n) is 9.67. The fourth-order valence-corrected chi connectivity index (χ4v) is 1.14. The third-order valence-electron chi connectivity index (χ3n) is 2.00. The third-order valence-corrected chi connectivity index (χ3v) is 2.00. The maximum Gasteiger partial charge on any atom is 0.363 e. The van der Waals surface area contributed by atoms with Crippen LogP contribution in [-0.2, 0) is 14.4 Å². The largest absolute Gasteiger partial charge is 0.363 e. The van der Waals surface area contributed by atoms with Crippen LogP contribution in [0.25, 0.3) is 0 Å². The predicted molar refractivity (Wildman–Crippen MR) is 59.7 cm³/mol. The molecule has 0 aliphatic carbocycles. The molecule has 1 rings (SSSR count). The summed E-state index contributed by atoms with van der Waals surface area (Å²) in [5, 5.41) is 0.481. The zero-order chi connectivity index (χ0) is 12.8. The molecule has 2 amide bonds. The highest BCUT2D eigenvalue weighted by Crippen LogP contribution is 2.05. The van der Waals surface area contributed by atoms with Gasteiger partial charge < -0.3 is 4.84 Å². The second-order valence-corrected chi connectivity index (χ2v) is 3.31. The number of hydrogen-bond donors (Lipinski definition) is 0. The van der Waals surface area contributed by atoms with E-state index in [-0.39, 0.29) is 12.0 Å². The van der Waals surface area contributed by atoms with Gasteiger partial charge in [-0.3, -0.25) is 9.59 Å². The molecule has 0 saturated carbocycles. The molecule has 0 aliphatic heterocycles. The number of benzene rings is 1. The molecule has 1 aromatic rings. The lowest BCUT2D eigenvalue weighted by Gasteiger charge is -2.16. The smallest absolute Gasteiger partial charge is 0.325 e. The Labute approximate surface area is 98.9 Å². The normalized spacial score (nSPS) is 9.53. The van der Waals surface area contributed by atoms with E-state index in [0.29, 0.717) is 5.06 Å². The molecule has 5 nitrogen and oxygen atoms in total. The summed E-state index contributed by atoms with van der Waals surface area (Å²) in [4.78, 5) is 38.8. The van der Waals surface area contributed by atoms with Crippen LogP contribution in [0.15, 0.2) is 30.3 Å². The van der Waals surface area contributed by atoms with Crippen LogP contribution in [0.3, 0.4) is 0 Å². The molecule has 0 spiro atoms. The number of rotatable bonds is 2. The van der Waals surface area contributed by atoms with Crippen molar-refractivity contribution in [2.45, 2.75) is 20.3 Å². The number of carbonyl (C=O) groups is 3. The van der Waals surface area contributed by atoms with Gasteiger partial charge in [0, 0.05) is 13.3 Å². The number of imide groups is 1. The Balaban J connectivity index is 2.78. The van der Waals surface area contributed by atoms with E-state index in [1.54, 1.807) is 25.1 Å². The van der Waals surface area contributed by atoms with Crippen LogP contribution in [0.5, 0.6) is 0 Å². The van der Waals surface area contributed by atoms with E-state index >= 15 is 0 Å². The molecule has 0 heterocycles. The predicted octanol–water partition coefficient (Wildman–Crippen LogP) is 1.54. The summed E-state index contributed by atoms with van der Waals surface area (Å²) in [6.45, 7) is 2.74. The van der Waals surface area contributed by atoms with Crippen LogP contribution < -0.4 is 0 Å². The first kappa shape index (κ1) is 12.9. The molecule has 17 heavy (non-hydrogen) atoms. The van der Waals surface area contributed by atoms with Crippen LogP contribution in [0.2, 0.25) is 0 Å². The van der Waals surface area contributed by atoms with Crippen LogP contribution >= 0.6 is 0 Å². The highest BCUT2D eigenvalue weighted by atomic mass is 16.7. The number of hydrogen-bond acceptors (Lipinski definition) is 4. The van der Waals surface area contributed by atoms with Gasteiger partial charge in [0.2, 0.25) is 0 Å². The Bertz CT molecular complexity index is 427. The molecule has 0 aliphatic rings. The quantitative estimate of drug-likeness (QED) is 0.729. The Morgan fingerprint density at radius 2 is 1.76 bits per heavy atom. The highest BCUT2D eigenvalue weighted by Gasteiger charge is 2.22. The van der Waals surface area contributed by atoms with E-state index in [1.165, 1.54) is 12.1 Å². The molecule has 0 unspecified atom stereocenters. The fourth-order valence-electron chi connectivity index (χ4n) is 1.14. The number of amides is 2. The standard InChI is InChI=1S/C12H13NO4/c1-3-11(15)13(9(2)14)17-12(16)10-7-5-4-6-8-10/h4-8H,3H2,1-2H3. The monoisotopic (exact) mass is 235 g/mol. The first-order chi connectivity index (χ1) is 8.06. The Kier molecular flexibility index (Phi) is 4.39. The maximum atomic E-state index is 11.6. The summed E-state index contributed by atoms with van der Waals surface area (Å²) in [5.74, 6) is -1.91. The molecule has 0 atom stereocenters. The van der Waals surface area contributed by atoms with Crippen molar-refractivity contribution in [3.8, 4) is 0 Å². The number of hydroxylamine groups is 2. The van der Waals surface area contributed by atoms with Gasteiger partial charge in [-0.15, -0.1) is 5.06 Å². The summed E-state index contributed by atoms with van der Waals surface area (Å²) < 4.78 is 0. The lowest BCUT2D eigenvalue weighted by Crippen LogP contribution is -2.36. The van der Waals surface area contributed by atoms with E-state index in [1.807, 2.05) is 0 Å². The van der Waals surface area contributed by atoms with E-state index in [9.17, 15) is 14.4 Å². The molecule has 5 heteroatoms. The molecule has 0 bridgehead atoms. The molecule has 1 aromatic carbocycles. The third kappa shape index (κ3) is 3.41. The minimum absolute atomic E-state index is 0.0850. The Hall–Kier alpha value is -2.17. The van der Waals surface area contributed by atoms with Gasteiger partial charge in [0.15, 0.2) is 0 Å². The lowest BCUT2D eigenvalue weighted by atomic mass is 10.2. The number of carbonyl (C=O) groups excluding carboxylic acids is 3. The molecule has 0 aromatic heterocycles. The minimum atomic E-state index is -0.734. The van der Waals surface area contributed by atoms with Crippen molar-refractivity contribution < 1.29 is 19.2 Å². The second kappa shape index (κ2) is 5.79. The average molecular weight is 235 g/mol. The van der Waals surface area contributed by atoms with Gasteiger partial charge in [0.05, 0.1) is 5.56 Å². The fraction of sp³-hybridized carbons (Fsp3) is 0.250. The van der Waals surface area contributed by atoms with Gasteiger partial charge in [0.25, 0.3) is 11.8 Å². The second-order valence-electron chi connectivity index (χ2n) is 3.31. The van der Waals surface area contributed by atoms with E-state index in [4.69, 9.17) is 4.84 Å². The van der Waals surface area contributed by atoms with Gasteiger partial charge in [-0.25, -0.2) is 4.79 Å². The van der Waals surface area contributed by atoms with Gasteiger partial charge in [0.1, 0.15) is 0 Å². The Morgan fingerprint density at radius 1 is 1.18 bits per heavy atom. The number of nitrogens with zero attached hydrogens (tertiary/aromatic N) is 1. The van der Waals surface area contributed by atoms with Gasteiger partial charge in [-0.1, -0.05) is 25.1 Å². The van der Waals surface area contributed by atoms with Crippen LogP contribution in [0, 0.1) is 0 Å². The van der Waals surface area contributed by atoms with Crippen molar-refractivity contribution in [2.75, 3.05) is 0 Å². The SMILES string of the molecule is CCC(=O)N(OC(=O)c1ccccc1)C(C)=O. The molecule has 0 fully saturated rings. The van der Waals surface area contributed by atoms with Crippen LogP contribution in [0.1, 0.15) is 30.6 Å². The minimum Gasteiger partial charge on any atom is -0.325 e. The topological polar surface area (TPSA) is 63.7 Å². The van der Waals surface area contributed by atoms with Gasteiger partial charge >= 0.3 is 5.97 Å². The lowest BCUT2D eigenvalue weighted by molar-refractivity contribution is -0.178. The molecule has 90 valence electrons. The maximum absolute atomic E-state index is 11.6. The molecule has 0 saturated heterocycles. The molecular formula is C12H13NO4. The summed E-state index contributed by atoms with van der Waals surface area (Å²) in [5.41, 5.74) is 0.280. The van der Waals surface area contributed by atoms with E-state index in [2.05, 4.69) is 0 Å². The van der Waals surface area contributed by atoms with E-state index in [0.717, 1.165) is 6.92 Å². The van der Waals surface area contributed by atoms with Crippen molar-refractivity contribution >= 4 is 17.8 Å². The first-order valence-corrected chi connectivity index (χ1v) is 5.17. The molecular weight excluding hydrogens is 222 g/mol. The highest BCUT2D eigenvalue weighted by molar-refractivity contribution is 5.96. The van der Waals surface area contributed by atoms with Crippen molar-refractivity contribution in [3.05, 3.63) is 35.9 Å². The van der Waals surface area contributed by atoms with Crippen LogP contribution in [-0.4, -0.2) is 22.8 Å². The molecule has 0 N–H and O–H groups in total. The van der Waals surface area contributed by atoms with Crippen molar-refractivity contribution in [3.63, 3.8) is 0 Å². The molecule has 0 radical (unpaired) electrons. The van der Waals surface area contributed by atoms with Crippen molar-refractivity contribution in [1.29, 1.82) is 0 Å². The average Bonchev–Trinajstić information content (AvgIpc) is 2.35. The Morgan fingerprint density at radius 3 is 2.24 bits per heavy atom. The van der Waals surface area contributed by atoms with Gasteiger partial charge in [-0.2, -0.15) is 0 Å². The van der Waals surface area contributed by atoms with E-state index < -0.39 is 17.8 Å². The van der Waals surface area contributed by atoms with Crippen molar-refractivity contribution in [2.24, 2.45) is 0 Å².